The molecule has 6 heteroatoms. The summed E-state index contributed by atoms with van der Waals surface area (Å²) in [6, 6.07) is 6.32. The summed E-state index contributed by atoms with van der Waals surface area (Å²) in [6.07, 6.45) is 0. The molecular weight excluding hydrogens is 350 g/mol. The second-order valence-electron chi connectivity index (χ2n) is 5.04. The molecule has 0 saturated heterocycles. The first-order valence-corrected chi connectivity index (χ1v) is 8.32. The van der Waals surface area contributed by atoms with E-state index in [4.69, 9.17) is 0 Å². The molecule has 21 heavy (non-hydrogen) atoms. The van der Waals surface area contributed by atoms with Gasteiger partial charge in [-0.3, -0.25) is 9.13 Å². The second kappa shape index (κ2) is 5.44. The fourth-order valence-corrected chi connectivity index (χ4v) is 3.94. The number of aryl methyl sites for hydroxylation is 2. The van der Waals surface area contributed by atoms with Gasteiger partial charge in [-0.05, 0) is 47.1 Å². The molecule has 2 aromatic heterocycles. The van der Waals surface area contributed by atoms with Gasteiger partial charge in [0.05, 0.1) is 17.1 Å². The Kier molecular flexibility index (Phi) is 3.77. The van der Waals surface area contributed by atoms with E-state index in [9.17, 15) is 4.79 Å². The minimum absolute atomic E-state index is 0.00871. The van der Waals surface area contributed by atoms with Gasteiger partial charge < -0.3 is 5.32 Å². The summed E-state index contributed by atoms with van der Waals surface area (Å²) < 4.78 is 4.36. The minimum atomic E-state index is -0.00871. The number of hydrogen-bond acceptors (Lipinski definition) is 3. The van der Waals surface area contributed by atoms with Crippen LogP contribution in [0, 0.1) is 0 Å². The molecule has 1 atom stereocenters. The van der Waals surface area contributed by atoms with E-state index in [1.807, 2.05) is 13.1 Å². The van der Waals surface area contributed by atoms with Gasteiger partial charge in [0, 0.05) is 18.6 Å². The molecule has 1 unspecified atom stereocenters. The molecule has 0 aliphatic rings. The molecule has 0 aliphatic heterocycles. The van der Waals surface area contributed by atoms with Crippen LogP contribution in [-0.4, -0.2) is 16.2 Å². The van der Waals surface area contributed by atoms with Gasteiger partial charge in [-0.25, -0.2) is 4.79 Å². The van der Waals surface area contributed by atoms with Gasteiger partial charge in [0.25, 0.3) is 0 Å². The van der Waals surface area contributed by atoms with Crippen molar-refractivity contribution in [2.24, 2.45) is 14.1 Å². The van der Waals surface area contributed by atoms with Crippen LogP contribution in [0.1, 0.15) is 17.2 Å². The summed E-state index contributed by atoms with van der Waals surface area (Å²) in [6.45, 7) is 0. The van der Waals surface area contributed by atoms with Crippen molar-refractivity contribution in [3.8, 4) is 0 Å². The molecule has 3 rings (SSSR count). The molecular formula is C15H16BrN3OS. The lowest BCUT2D eigenvalue weighted by molar-refractivity contribution is 0.692. The van der Waals surface area contributed by atoms with Gasteiger partial charge in [0.15, 0.2) is 0 Å². The van der Waals surface area contributed by atoms with Gasteiger partial charge in [0.1, 0.15) is 0 Å². The van der Waals surface area contributed by atoms with Crippen molar-refractivity contribution in [1.82, 2.24) is 14.5 Å². The van der Waals surface area contributed by atoms with Crippen molar-refractivity contribution in [2.75, 3.05) is 7.05 Å². The predicted molar refractivity (Wildman–Crippen MR) is 91.1 cm³/mol. The molecule has 3 aromatic rings. The molecule has 2 heterocycles. The number of benzene rings is 1. The number of thiophene rings is 1. The van der Waals surface area contributed by atoms with Gasteiger partial charge in [-0.2, -0.15) is 11.3 Å². The van der Waals surface area contributed by atoms with Crippen molar-refractivity contribution in [3.63, 3.8) is 0 Å². The average molecular weight is 366 g/mol. The van der Waals surface area contributed by atoms with Crippen molar-refractivity contribution >= 4 is 38.3 Å². The van der Waals surface area contributed by atoms with E-state index >= 15 is 0 Å². The highest BCUT2D eigenvalue weighted by Gasteiger charge is 2.18. The number of nitrogens with one attached hydrogen (secondary N) is 1. The third-order valence-electron chi connectivity index (χ3n) is 3.87. The highest BCUT2D eigenvalue weighted by molar-refractivity contribution is 9.10. The Morgan fingerprint density at radius 3 is 2.48 bits per heavy atom. The quantitative estimate of drug-likeness (QED) is 0.774. The lowest BCUT2D eigenvalue weighted by atomic mass is 10.0. The first-order valence-electron chi connectivity index (χ1n) is 6.58. The van der Waals surface area contributed by atoms with E-state index in [2.05, 4.69) is 44.1 Å². The van der Waals surface area contributed by atoms with Crippen LogP contribution in [0.3, 0.4) is 0 Å². The van der Waals surface area contributed by atoms with Crippen LogP contribution >= 0.6 is 27.3 Å². The Balaban J connectivity index is 2.26. The van der Waals surface area contributed by atoms with Gasteiger partial charge in [-0.1, -0.05) is 15.9 Å². The van der Waals surface area contributed by atoms with Crippen molar-refractivity contribution < 1.29 is 0 Å². The Labute approximate surface area is 135 Å². The molecule has 1 N–H and O–H groups in total. The van der Waals surface area contributed by atoms with Crippen LogP contribution < -0.4 is 11.0 Å². The molecule has 1 aromatic carbocycles. The Bertz CT molecular complexity index is 848. The third kappa shape index (κ3) is 2.27. The fraction of sp³-hybridized carbons (Fsp3) is 0.267. The molecule has 0 radical (unpaired) electrons. The smallest absolute Gasteiger partial charge is 0.309 e. The number of fused-ring (bicyclic) bond motifs is 1. The third-order valence-corrected chi connectivity index (χ3v) is 5.25. The predicted octanol–water partition coefficient (Wildman–Crippen LogP) is 3.01. The summed E-state index contributed by atoms with van der Waals surface area (Å²) in [5.74, 6) is 0. The first kappa shape index (κ1) is 14.6. The van der Waals surface area contributed by atoms with E-state index in [0.29, 0.717) is 0 Å². The molecule has 0 saturated carbocycles. The second-order valence-corrected chi connectivity index (χ2v) is 6.68. The lowest BCUT2D eigenvalue weighted by Gasteiger charge is -2.17. The number of rotatable bonds is 3. The first-order chi connectivity index (χ1) is 10.0. The molecule has 0 aliphatic carbocycles. The average Bonchev–Trinajstić information content (AvgIpc) is 3.06. The number of imidazole rings is 1. The van der Waals surface area contributed by atoms with Gasteiger partial charge in [-0.15, -0.1) is 0 Å². The molecule has 0 fully saturated rings. The van der Waals surface area contributed by atoms with Crippen LogP contribution in [0.4, 0.5) is 0 Å². The van der Waals surface area contributed by atoms with Crippen LogP contribution in [0.2, 0.25) is 0 Å². The number of halogens is 1. The van der Waals surface area contributed by atoms with Crippen molar-refractivity contribution in [2.45, 2.75) is 6.04 Å². The van der Waals surface area contributed by atoms with Gasteiger partial charge in [0.2, 0.25) is 0 Å². The molecule has 4 nitrogen and oxygen atoms in total. The zero-order valence-electron chi connectivity index (χ0n) is 12.1. The van der Waals surface area contributed by atoms with Crippen molar-refractivity contribution in [1.29, 1.82) is 0 Å². The van der Waals surface area contributed by atoms with Crippen LogP contribution in [0.5, 0.6) is 0 Å². The van der Waals surface area contributed by atoms with E-state index in [1.54, 1.807) is 34.6 Å². The fourth-order valence-electron chi connectivity index (χ4n) is 2.70. The summed E-state index contributed by atoms with van der Waals surface area (Å²) in [4.78, 5) is 12.1. The molecule has 0 bridgehead atoms. The monoisotopic (exact) mass is 365 g/mol. The summed E-state index contributed by atoms with van der Waals surface area (Å²) in [7, 11) is 5.55. The Hall–Kier alpha value is -1.37. The number of hydrogen-bond donors (Lipinski definition) is 1. The largest absolute Gasteiger partial charge is 0.328 e. The van der Waals surface area contributed by atoms with E-state index in [-0.39, 0.29) is 11.7 Å². The molecule has 0 spiro atoms. The molecule has 110 valence electrons. The topological polar surface area (TPSA) is 39.0 Å². The molecule has 0 amide bonds. The zero-order valence-corrected chi connectivity index (χ0v) is 14.5. The van der Waals surface area contributed by atoms with Crippen molar-refractivity contribution in [3.05, 3.63) is 55.0 Å². The van der Waals surface area contributed by atoms with E-state index in [1.165, 1.54) is 5.56 Å². The normalized spacial score (nSPS) is 13.0. The maximum absolute atomic E-state index is 12.1. The van der Waals surface area contributed by atoms with Crippen LogP contribution in [0.25, 0.3) is 11.0 Å². The number of nitrogens with zero attached hydrogens (tertiary/aromatic N) is 2. The Morgan fingerprint density at radius 1 is 1.24 bits per heavy atom. The summed E-state index contributed by atoms with van der Waals surface area (Å²) in [5, 5.41) is 7.56. The van der Waals surface area contributed by atoms with E-state index < -0.39 is 0 Å². The summed E-state index contributed by atoms with van der Waals surface area (Å²) >= 11 is 5.33. The summed E-state index contributed by atoms with van der Waals surface area (Å²) in [5.41, 5.74) is 4.22. The van der Waals surface area contributed by atoms with E-state index in [0.717, 1.165) is 21.1 Å². The zero-order chi connectivity index (χ0) is 15.1. The lowest BCUT2D eigenvalue weighted by Crippen LogP contribution is -2.19. The standard InChI is InChI=1S/C15H16BrN3OS/c1-17-14(9-4-5-21-8-9)10-6-12-13(7-11(10)16)19(3)15(20)18(12)2/h4-8,14,17H,1-3H3. The maximum Gasteiger partial charge on any atom is 0.328 e. The Morgan fingerprint density at radius 2 is 1.90 bits per heavy atom. The SMILES string of the molecule is CNC(c1ccsc1)c1cc2c(cc1Br)n(C)c(=O)n2C. The van der Waals surface area contributed by atoms with Gasteiger partial charge >= 0.3 is 5.69 Å². The van der Waals surface area contributed by atoms with Crippen LogP contribution in [0.15, 0.2) is 38.2 Å². The number of aromatic nitrogens is 2. The highest BCUT2D eigenvalue weighted by Crippen LogP contribution is 2.32. The maximum atomic E-state index is 12.1. The van der Waals surface area contributed by atoms with Crippen LogP contribution in [-0.2, 0) is 14.1 Å². The highest BCUT2D eigenvalue weighted by atomic mass is 79.9. The minimum Gasteiger partial charge on any atom is -0.309 e.